The highest BCUT2D eigenvalue weighted by atomic mass is 32.1. The van der Waals surface area contributed by atoms with E-state index in [1.807, 2.05) is 0 Å². The number of thiophene rings is 1. The minimum Gasteiger partial charge on any atom is -0.309 e. The van der Waals surface area contributed by atoms with Crippen LogP contribution in [-0.4, -0.2) is 45.9 Å². The number of nitrogens with one attached hydrogen (secondary N) is 1. The van der Waals surface area contributed by atoms with Crippen molar-refractivity contribution in [1.82, 2.24) is 19.8 Å². The molecular formula is C24H30N4OS. The fourth-order valence-corrected chi connectivity index (χ4v) is 6.30. The van der Waals surface area contributed by atoms with Crippen LogP contribution in [0.3, 0.4) is 0 Å². The average molecular weight is 423 g/mol. The van der Waals surface area contributed by atoms with Crippen molar-refractivity contribution in [3.8, 4) is 0 Å². The molecule has 1 N–H and O–H groups in total. The van der Waals surface area contributed by atoms with E-state index in [-0.39, 0.29) is 5.56 Å². The summed E-state index contributed by atoms with van der Waals surface area (Å²) < 4.78 is 0. The second-order valence-electron chi connectivity index (χ2n) is 8.95. The molecule has 1 aliphatic carbocycles. The first-order valence-electron chi connectivity index (χ1n) is 11.1. The lowest BCUT2D eigenvalue weighted by Gasteiger charge is -2.34. The molecule has 0 amide bonds. The van der Waals surface area contributed by atoms with E-state index in [1.54, 1.807) is 11.3 Å². The Balaban J connectivity index is 1.24. The van der Waals surface area contributed by atoms with Crippen molar-refractivity contribution in [3.63, 3.8) is 0 Å². The number of nitrogens with zero attached hydrogens (tertiary/aromatic N) is 3. The highest BCUT2D eigenvalue weighted by Gasteiger charge is 2.22. The number of piperazine rings is 1. The second kappa shape index (κ2) is 8.25. The molecule has 3 heterocycles. The van der Waals surface area contributed by atoms with Crippen LogP contribution in [-0.2, 0) is 25.9 Å². The quantitative estimate of drug-likeness (QED) is 0.695. The molecule has 2 aliphatic rings. The van der Waals surface area contributed by atoms with Gasteiger partial charge in [0.25, 0.3) is 5.56 Å². The molecule has 2 aromatic heterocycles. The third-order valence-electron chi connectivity index (χ3n) is 6.40. The molecule has 30 heavy (non-hydrogen) atoms. The zero-order valence-electron chi connectivity index (χ0n) is 18.0. The normalized spacial score (nSPS) is 18.1. The average Bonchev–Trinajstić information content (AvgIpc) is 3.07. The summed E-state index contributed by atoms with van der Waals surface area (Å²) in [6, 6.07) is 6.82. The maximum absolute atomic E-state index is 12.8. The molecule has 0 radical (unpaired) electrons. The van der Waals surface area contributed by atoms with Gasteiger partial charge in [0.1, 0.15) is 10.7 Å². The molecule has 5 nitrogen and oxygen atoms in total. The summed E-state index contributed by atoms with van der Waals surface area (Å²) >= 11 is 1.74. The van der Waals surface area contributed by atoms with Crippen molar-refractivity contribution in [2.24, 2.45) is 0 Å². The summed E-state index contributed by atoms with van der Waals surface area (Å²) in [4.78, 5) is 28.0. The summed E-state index contributed by atoms with van der Waals surface area (Å²) in [5, 5.41) is 0.858. The van der Waals surface area contributed by atoms with Crippen LogP contribution in [0, 0.1) is 13.8 Å². The Morgan fingerprint density at radius 1 is 0.967 bits per heavy atom. The van der Waals surface area contributed by atoms with Crippen LogP contribution in [0.5, 0.6) is 0 Å². The summed E-state index contributed by atoms with van der Waals surface area (Å²) in [6.07, 6.45) is 4.55. The topological polar surface area (TPSA) is 52.2 Å². The van der Waals surface area contributed by atoms with E-state index in [9.17, 15) is 4.79 Å². The van der Waals surface area contributed by atoms with E-state index >= 15 is 0 Å². The van der Waals surface area contributed by atoms with Gasteiger partial charge in [-0.25, -0.2) is 4.98 Å². The van der Waals surface area contributed by atoms with E-state index in [2.05, 4.69) is 46.8 Å². The summed E-state index contributed by atoms with van der Waals surface area (Å²) in [5.41, 5.74) is 5.40. The van der Waals surface area contributed by atoms with Crippen LogP contribution >= 0.6 is 11.3 Å². The minimum absolute atomic E-state index is 0.0582. The Labute approximate surface area is 181 Å². The zero-order chi connectivity index (χ0) is 20.7. The Bertz CT molecular complexity index is 1100. The molecule has 0 bridgehead atoms. The molecule has 3 aromatic rings. The second-order valence-corrected chi connectivity index (χ2v) is 10.0. The van der Waals surface area contributed by atoms with Crippen molar-refractivity contribution in [1.29, 1.82) is 0 Å². The van der Waals surface area contributed by atoms with E-state index < -0.39 is 0 Å². The van der Waals surface area contributed by atoms with Crippen LogP contribution in [0.4, 0.5) is 0 Å². The first kappa shape index (κ1) is 19.9. The standard InChI is InChI=1S/C24H30N4OS/c1-16-11-17(2)13-18(12-16)14-27-7-9-28(10-8-27)15-21-25-23(29)22-19-5-3-4-6-20(19)30-24(22)26-21/h11-13H,3-10,14-15H2,1-2H3,(H,25,26,29). The Morgan fingerprint density at radius 3 is 2.37 bits per heavy atom. The van der Waals surface area contributed by atoms with Crippen LogP contribution in [0.15, 0.2) is 23.0 Å². The molecular weight excluding hydrogens is 392 g/mol. The van der Waals surface area contributed by atoms with Crippen molar-refractivity contribution in [2.75, 3.05) is 26.2 Å². The molecule has 5 rings (SSSR count). The van der Waals surface area contributed by atoms with E-state index in [4.69, 9.17) is 4.98 Å². The smallest absolute Gasteiger partial charge is 0.259 e. The third-order valence-corrected chi connectivity index (χ3v) is 7.59. The number of aryl methyl sites for hydroxylation is 4. The molecule has 1 fully saturated rings. The van der Waals surface area contributed by atoms with Gasteiger partial charge in [-0.3, -0.25) is 14.6 Å². The van der Waals surface area contributed by atoms with Crippen molar-refractivity contribution < 1.29 is 0 Å². The maximum Gasteiger partial charge on any atom is 0.259 e. The fraction of sp³-hybridized carbons (Fsp3) is 0.500. The van der Waals surface area contributed by atoms with Gasteiger partial charge in [-0.15, -0.1) is 11.3 Å². The largest absolute Gasteiger partial charge is 0.309 e. The van der Waals surface area contributed by atoms with Crippen molar-refractivity contribution in [2.45, 2.75) is 52.6 Å². The van der Waals surface area contributed by atoms with Crippen LogP contribution in [0.1, 0.15) is 45.8 Å². The molecule has 1 aliphatic heterocycles. The van der Waals surface area contributed by atoms with E-state index in [1.165, 1.54) is 40.0 Å². The maximum atomic E-state index is 12.8. The SMILES string of the molecule is Cc1cc(C)cc(CN2CCN(Cc3nc4sc5c(c4c(=O)[nH]3)CCCC5)CC2)c1. The summed E-state index contributed by atoms with van der Waals surface area (Å²) in [7, 11) is 0. The van der Waals surface area contributed by atoms with Gasteiger partial charge in [0.15, 0.2) is 0 Å². The predicted octanol–water partition coefficient (Wildman–Crippen LogP) is 3.80. The van der Waals surface area contributed by atoms with Crippen molar-refractivity contribution >= 4 is 21.6 Å². The van der Waals surface area contributed by atoms with Crippen LogP contribution in [0.2, 0.25) is 0 Å². The van der Waals surface area contributed by atoms with Crippen LogP contribution in [0.25, 0.3) is 10.2 Å². The summed E-state index contributed by atoms with van der Waals surface area (Å²) in [5.74, 6) is 0.814. The van der Waals surface area contributed by atoms with Gasteiger partial charge in [-0.05, 0) is 50.7 Å². The first-order chi connectivity index (χ1) is 14.5. The Morgan fingerprint density at radius 2 is 1.63 bits per heavy atom. The lowest BCUT2D eigenvalue weighted by atomic mass is 9.97. The van der Waals surface area contributed by atoms with Gasteiger partial charge >= 0.3 is 0 Å². The molecule has 1 aromatic carbocycles. The molecule has 0 atom stereocenters. The molecule has 6 heteroatoms. The lowest BCUT2D eigenvalue weighted by Crippen LogP contribution is -2.45. The number of H-pyrrole nitrogens is 1. The number of benzene rings is 1. The number of aromatic nitrogens is 2. The van der Waals surface area contributed by atoms with Gasteiger partial charge in [0.05, 0.1) is 11.9 Å². The monoisotopic (exact) mass is 422 g/mol. The molecule has 158 valence electrons. The number of hydrogen-bond donors (Lipinski definition) is 1. The molecule has 0 saturated carbocycles. The van der Waals surface area contributed by atoms with Gasteiger partial charge in [0, 0.05) is 37.6 Å². The molecule has 0 spiro atoms. The van der Waals surface area contributed by atoms with E-state index in [0.29, 0.717) is 0 Å². The van der Waals surface area contributed by atoms with Gasteiger partial charge in [0.2, 0.25) is 0 Å². The third kappa shape index (κ3) is 4.09. The van der Waals surface area contributed by atoms with Crippen LogP contribution < -0.4 is 5.56 Å². The first-order valence-corrected chi connectivity index (χ1v) is 11.9. The zero-order valence-corrected chi connectivity index (χ0v) is 18.8. The Kier molecular flexibility index (Phi) is 5.48. The number of aromatic amines is 1. The molecule has 0 unspecified atom stereocenters. The Hall–Kier alpha value is -2.02. The lowest BCUT2D eigenvalue weighted by molar-refractivity contribution is 0.120. The van der Waals surface area contributed by atoms with E-state index in [0.717, 1.165) is 68.2 Å². The number of fused-ring (bicyclic) bond motifs is 3. The minimum atomic E-state index is 0.0582. The number of hydrogen-bond acceptors (Lipinski definition) is 5. The van der Waals surface area contributed by atoms with Crippen molar-refractivity contribution in [3.05, 3.63) is 61.5 Å². The summed E-state index contributed by atoms with van der Waals surface area (Å²) in [6.45, 7) is 10.2. The predicted molar refractivity (Wildman–Crippen MR) is 123 cm³/mol. The van der Waals surface area contributed by atoms with Gasteiger partial charge in [-0.1, -0.05) is 29.3 Å². The fourth-order valence-electron chi connectivity index (χ4n) is 5.02. The van der Waals surface area contributed by atoms with Gasteiger partial charge in [-0.2, -0.15) is 0 Å². The molecule has 1 saturated heterocycles. The number of rotatable bonds is 4. The highest BCUT2D eigenvalue weighted by Crippen LogP contribution is 2.33. The van der Waals surface area contributed by atoms with Gasteiger partial charge < -0.3 is 4.98 Å². The highest BCUT2D eigenvalue weighted by molar-refractivity contribution is 7.18.